The van der Waals surface area contributed by atoms with Crippen LogP contribution in [0, 0.1) is 6.92 Å². The first kappa shape index (κ1) is 8.08. The molecule has 0 fully saturated rings. The van der Waals surface area contributed by atoms with Crippen molar-refractivity contribution in [2.75, 3.05) is 6.26 Å². The molecule has 0 aromatic carbocycles. The SMILES string of the molecule is CSc1ncc(C)cc1Br. The molecular weight excluding hydrogens is 210 g/mol. The van der Waals surface area contributed by atoms with Crippen LogP contribution in [0.4, 0.5) is 0 Å². The van der Waals surface area contributed by atoms with Gasteiger partial charge < -0.3 is 0 Å². The van der Waals surface area contributed by atoms with Crippen molar-refractivity contribution < 1.29 is 0 Å². The second-order valence-corrected chi connectivity index (χ2v) is 3.65. The molecule has 0 aliphatic rings. The first-order valence-electron chi connectivity index (χ1n) is 2.90. The summed E-state index contributed by atoms with van der Waals surface area (Å²) in [5.74, 6) is 0. The summed E-state index contributed by atoms with van der Waals surface area (Å²) in [6, 6.07) is 2.07. The zero-order valence-electron chi connectivity index (χ0n) is 5.89. The Morgan fingerprint density at radius 3 is 2.80 bits per heavy atom. The minimum absolute atomic E-state index is 1.05. The highest BCUT2D eigenvalue weighted by atomic mass is 79.9. The second-order valence-electron chi connectivity index (χ2n) is 2.00. The summed E-state index contributed by atoms with van der Waals surface area (Å²) in [7, 11) is 0. The van der Waals surface area contributed by atoms with E-state index in [4.69, 9.17) is 0 Å². The van der Waals surface area contributed by atoms with E-state index in [1.54, 1.807) is 11.8 Å². The lowest BCUT2D eigenvalue weighted by Crippen LogP contribution is -1.81. The molecule has 0 unspecified atom stereocenters. The zero-order chi connectivity index (χ0) is 7.56. The van der Waals surface area contributed by atoms with Crippen molar-refractivity contribution in [1.29, 1.82) is 0 Å². The number of nitrogens with zero attached hydrogens (tertiary/aromatic N) is 1. The number of aryl methyl sites for hydroxylation is 1. The van der Waals surface area contributed by atoms with Gasteiger partial charge in [-0.3, -0.25) is 0 Å². The Bertz CT molecular complexity index is 237. The maximum Gasteiger partial charge on any atom is 0.110 e. The van der Waals surface area contributed by atoms with E-state index in [-0.39, 0.29) is 0 Å². The standard InChI is InChI=1S/C7H8BrNS/c1-5-3-6(8)7(10-2)9-4-5/h3-4H,1-2H3. The van der Waals surface area contributed by atoms with Crippen molar-refractivity contribution in [1.82, 2.24) is 4.98 Å². The highest BCUT2D eigenvalue weighted by molar-refractivity contribution is 9.10. The van der Waals surface area contributed by atoms with E-state index < -0.39 is 0 Å². The number of thioether (sulfide) groups is 1. The number of aromatic nitrogens is 1. The lowest BCUT2D eigenvalue weighted by atomic mass is 10.3. The van der Waals surface area contributed by atoms with Gasteiger partial charge in [-0.15, -0.1) is 11.8 Å². The molecule has 10 heavy (non-hydrogen) atoms. The fourth-order valence-electron chi connectivity index (χ4n) is 0.671. The van der Waals surface area contributed by atoms with Gasteiger partial charge in [0.2, 0.25) is 0 Å². The van der Waals surface area contributed by atoms with Crippen LogP contribution in [0.5, 0.6) is 0 Å². The Labute approximate surface area is 73.4 Å². The normalized spacial score (nSPS) is 9.90. The van der Waals surface area contributed by atoms with Gasteiger partial charge in [-0.1, -0.05) is 0 Å². The number of rotatable bonds is 1. The average molecular weight is 218 g/mol. The van der Waals surface area contributed by atoms with Crippen molar-refractivity contribution in [3.05, 3.63) is 22.3 Å². The van der Waals surface area contributed by atoms with E-state index in [9.17, 15) is 0 Å². The van der Waals surface area contributed by atoms with Crippen molar-refractivity contribution >= 4 is 27.7 Å². The third-order valence-electron chi connectivity index (χ3n) is 1.14. The van der Waals surface area contributed by atoms with Crippen LogP contribution >= 0.6 is 27.7 Å². The largest absolute Gasteiger partial charge is 0.248 e. The van der Waals surface area contributed by atoms with Crippen molar-refractivity contribution in [3.63, 3.8) is 0 Å². The van der Waals surface area contributed by atoms with Crippen molar-refractivity contribution in [3.8, 4) is 0 Å². The fourth-order valence-corrected chi connectivity index (χ4v) is 2.03. The monoisotopic (exact) mass is 217 g/mol. The van der Waals surface area contributed by atoms with Crippen molar-refractivity contribution in [2.24, 2.45) is 0 Å². The summed E-state index contributed by atoms with van der Waals surface area (Å²) in [6.45, 7) is 2.03. The van der Waals surface area contributed by atoms with Crippen LogP contribution in [0.1, 0.15) is 5.56 Å². The van der Waals surface area contributed by atoms with E-state index in [0.717, 1.165) is 9.50 Å². The Morgan fingerprint density at radius 2 is 2.30 bits per heavy atom. The molecule has 0 atom stereocenters. The summed E-state index contributed by atoms with van der Waals surface area (Å²) in [5, 5.41) is 1.05. The molecule has 0 amide bonds. The van der Waals surface area contributed by atoms with Gasteiger partial charge in [0.05, 0.1) is 4.47 Å². The van der Waals surface area contributed by atoms with Crippen LogP contribution in [-0.2, 0) is 0 Å². The van der Waals surface area contributed by atoms with Gasteiger partial charge >= 0.3 is 0 Å². The van der Waals surface area contributed by atoms with Crippen molar-refractivity contribution in [2.45, 2.75) is 11.9 Å². The molecule has 0 saturated carbocycles. The number of pyridine rings is 1. The Kier molecular flexibility index (Phi) is 2.74. The van der Waals surface area contributed by atoms with Gasteiger partial charge in [0.1, 0.15) is 5.03 Å². The van der Waals surface area contributed by atoms with Gasteiger partial charge in [-0.05, 0) is 40.7 Å². The highest BCUT2D eigenvalue weighted by Gasteiger charge is 1.97. The molecule has 0 radical (unpaired) electrons. The Balaban J connectivity index is 3.07. The first-order chi connectivity index (χ1) is 4.74. The lowest BCUT2D eigenvalue weighted by molar-refractivity contribution is 1.09. The summed E-state index contributed by atoms with van der Waals surface area (Å²) in [6.07, 6.45) is 3.89. The third-order valence-corrected chi connectivity index (χ3v) is 2.72. The van der Waals surface area contributed by atoms with Gasteiger partial charge in [0.15, 0.2) is 0 Å². The van der Waals surface area contributed by atoms with Crippen LogP contribution in [0.25, 0.3) is 0 Å². The molecule has 0 aliphatic heterocycles. The second kappa shape index (κ2) is 3.39. The van der Waals surface area contributed by atoms with Gasteiger partial charge in [-0.2, -0.15) is 0 Å². The minimum Gasteiger partial charge on any atom is -0.248 e. The molecule has 54 valence electrons. The number of halogens is 1. The Morgan fingerprint density at radius 1 is 1.60 bits per heavy atom. The summed E-state index contributed by atoms with van der Waals surface area (Å²) in [4.78, 5) is 4.21. The van der Waals surface area contributed by atoms with Gasteiger partial charge in [-0.25, -0.2) is 4.98 Å². The molecule has 3 heteroatoms. The maximum absolute atomic E-state index is 4.21. The first-order valence-corrected chi connectivity index (χ1v) is 4.92. The minimum atomic E-state index is 1.05. The third kappa shape index (κ3) is 1.73. The van der Waals surface area contributed by atoms with Crippen LogP contribution in [0.15, 0.2) is 21.8 Å². The van der Waals surface area contributed by atoms with E-state index in [1.807, 2.05) is 19.4 Å². The van der Waals surface area contributed by atoms with Gasteiger partial charge in [0.25, 0.3) is 0 Å². The van der Waals surface area contributed by atoms with E-state index >= 15 is 0 Å². The molecule has 0 bridgehead atoms. The molecule has 1 nitrogen and oxygen atoms in total. The molecule has 1 aromatic heterocycles. The van der Waals surface area contributed by atoms with Crippen LogP contribution in [0.3, 0.4) is 0 Å². The topological polar surface area (TPSA) is 12.9 Å². The smallest absolute Gasteiger partial charge is 0.110 e. The molecule has 0 saturated heterocycles. The van der Waals surface area contributed by atoms with Crippen LogP contribution in [-0.4, -0.2) is 11.2 Å². The predicted molar refractivity (Wildman–Crippen MR) is 48.5 cm³/mol. The molecule has 1 heterocycles. The van der Waals surface area contributed by atoms with Gasteiger partial charge in [0, 0.05) is 6.20 Å². The van der Waals surface area contributed by atoms with E-state index in [1.165, 1.54) is 5.56 Å². The molecule has 0 spiro atoms. The summed E-state index contributed by atoms with van der Waals surface area (Å²) >= 11 is 5.07. The predicted octanol–water partition coefficient (Wildman–Crippen LogP) is 2.87. The van der Waals surface area contributed by atoms with Crippen LogP contribution in [0.2, 0.25) is 0 Å². The van der Waals surface area contributed by atoms with E-state index in [0.29, 0.717) is 0 Å². The summed E-state index contributed by atoms with van der Waals surface area (Å²) in [5.41, 5.74) is 1.18. The molecule has 0 N–H and O–H groups in total. The summed E-state index contributed by atoms with van der Waals surface area (Å²) < 4.78 is 1.08. The molecular formula is C7H8BrNS. The zero-order valence-corrected chi connectivity index (χ0v) is 8.29. The number of hydrogen-bond acceptors (Lipinski definition) is 2. The molecule has 1 rings (SSSR count). The number of hydrogen-bond donors (Lipinski definition) is 0. The Hall–Kier alpha value is -0.0200. The molecule has 1 aromatic rings. The highest BCUT2D eigenvalue weighted by Crippen LogP contribution is 2.23. The van der Waals surface area contributed by atoms with E-state index in [2.05, 4.69) is 27.0 Å². The fraction of sp³-hybridized carbons (Fsp3) is 0.286. The maximum atomic E-state index is 4.21. The molecule has 0 aliphatic carbocycles. The quantitative estimate of drug-likeness (QED) is 0.672. The average Bonchev–Trinajstić information content (AvgIpc) is 1.88. The van der Waals surface area contributed by atoms with Crippen LogP contribution < -0.4 is 0 Å². The lowest BCUT2D eigenvalue weighted by Gasteiger charge is -1.98.